The number of rotatable bonds is 9. The van der Waals surface area contributed by atoms with Crippen LogP contribution in [0.2, 0.25) is 0 Å². The molecule has 0 saturated heterocycles. The first-order valence-electron chi connectivity index (χ1n) is 6.47. The van der Waals surface area contributed by atoms with Gasteiger partial charge < -0.3 is 10.6 Å². The number of hydrogen-bond acceptors (Lipinski definition) is 4. The first-order chi connectivity index (χ1) is 8.26. The van der Waals surface area contributed by atoms with Crippen LogP contribution in [0, 0.1) is 0 Å². The molecule has 0 fully saturated rings. The Morgan fingerprint density at radius 2 is 1.89 bits per heavy atom. The van der Waals surface area contributed by atoms with E-state index in [0.717, 1.165) is 12.8 Å². The van der Waals surface area contributed by atoms with Gasteiger partial charge >= 0.3 is 0 Å². The molecule has 0 rings (SSSR count). The molecule has 108 valence electrons. The summed E-state index contributed by atoms with van der Waals surface area (Å²) in [5.74, 6) is 0.121. The summed E-state index contributed by atoms with van der Waals surface area (Å²) in [4.78, 5) is 11.7. The molecule has 6 heteroatoms. The third kappa shape index (κ3) is 9.41. The third-order valence-corrected chi connectivity index (χ3v) is 3.68. The fourth-order valence-corrected chi connectivity index (χ4v) is 2.29. The zero-order valence-corrected chi connectivity index (χ0v) is 12.6. The minimum atomic E-state index is -2.91. The lowest BCUT2D eigenvalue weighted by Gasteiger charge is -2.18. The van der Waals surface area contributed by atoms with Gasteiger partial charge in [-0.05, 0) is 33.2 Å². The van der Waals surface area contributed by atoms with E-state index in [9.17, 15) is 13.2 Å². The zero-order valence-electron chi connectivity index (χ0n) is 11.8. The molecule has 18 heavy (non-hydrogen) atoms. The number of amides is 1. The Kier molecular flexibility index (Phi) is 8.18. The predicted molar refractivity (Wildman–Crippen MR) is 74.3 cm³/mol. The highest BCUT2D eigenvalue weighted by Crippen LogP contribution is 1.96. The van der Waals surface area contributed by atoms with E-state index in [1.54, 1.807) is 6.92 Å². The maximum Gasteiger partial charge on any atom is 0.237 e. The molecule has 0 bridgehead atoms. The summed E-state index contributed by atoms with van der Waals surface area (Å²) in [6.07, 6.45) is 3.75. The Labute approximate surface area is 111 Å². The van der Waals surface area contributed by atoms with E-state index in [2.05, 4.69) is 17.6 Å². The highest BCUT2D eigenvalue weighted by atomic mass is 32.2. The highest BCUT2D eigenvalue weighted by Gasteiger charge is 2.14. The van der Waals surface area contributed by atoms with Gasteiger partial charge in [0.05, 0.1) is 11.8 Å². The van der Waals surface area contributed by atoms with Gasteiger partial charge in [-0.3, -0.25) is 4.79 Å². The van der Waals surface area contributed by atoms with E-state index in [4.69, 9.17) is 0 Å². The van der Waals surface area contributed by atoms with Crippen molar-refractivity contribution < 1.29 is 13.2 Å². The Morgan fingerprint density at radius 1 is 1.28 bits per heavy atom. The van der Waals surface area contributed by atoms with Gasteiger partial charge in [-0.25, -0.2) is 8.42 Å². The summed E-state index contributed by atoms with van der Waals surface area (Å²) in [5.41, 5.74) is 0. The van der Waals surface area contributed by atoms with E-state index < -0.39 is 9.84 Å². The number of carbonyl (C=O) groups excluding carboxylic acids is 1. The molecule has 2 N–H and O–H groups in total. The van der Waals surface area contributed by atoms with Crippen LogP contribution in [-0.4, -0.2) is 45.0 Å². The minimum absolute atomic E-state index is 0.0321. The van der Waals surface area contributed by atoms with Gasteiger partial charge in [0.25, 0.3) is 0 Å². The topological polar surface area (TPSA) is 75.3 Å². The first-order valence-corrected chi connectivity index (χ1v) is 8.53. The lowest BCUT2D eigenvalue weighted by molar-refractivity contribution is -0.123. The van der Waals surface area contributed by atoms with Crippen molar-refractivity contribution in [2.24, 2.45) is 0 Å². The Balaban J connectivity index is 3.81. The molecule has 0 aliphatic carbocycles. The van der Waals surface area contributed by atoms with E-state index in [0.29, 0.717) is 13.0 Å². The van der Waals surface area contributed by atoms with Gasteiger partial charge in [-0.2, -0.15) is 0 Å². The van der Waals surface area contributed by atoms with Crippen molar-refractivity contribution in [3.05, 3.63) is 0 Å². The SMILES string of the molecule is CCCC(C)NC(=O)C(C)NCCCS(C)(=O)=O. The molecule has 1 amide bonds. The average molecular weight is 278 g/mol. The molecule has 0 aliphatic heterocycles. The van der Waals surface area contributed by atoms with Crippen LogP contribution in [0.4, 0.5) is 0 Å². The summed E-state index contributed by atoms with van der Waals surface area (Å²) in [7, 11) is -2.91. The molecule has 0 saturated carbocycles. The number of nitrogens with one attached hydrogen (secondary N) is 2. The van der Waals surface area contributed by atoms with Crippen LogP contribution in [0.25, 0.3) is 0 Å². The van der Waals surface area contributed by atoms with Crippen molar-refractivity contribution in [3.8, 4) is 0 Å². The van der Waals surface area contributed by atoms with Gasteiger partial charge in [-0.1, -0.05) is 13.3 Å². The second-order valence-corrected chi connectivity index (χ2v) is 7.12. The standard InChI is InChI=1S/C12H26N2O3S/c1-5-7-10(2)14-12(15)11(3)13-8-6-9-18(4,16)17/h10-11,13H,5-9H2,1-4H3,(H,14,15). The quantitative estimate of drug-likeness (QED) is 0.609. The van der Waals surface area contributed by atoms with Crippen molar-refractivity contribution in [2.45, 2.75) is 52.1 Å². The fraction of sp³-hybridized carbons (Fsp3) is 0.917. The normalized spacial score (nSPS) is 15.1. The van der Waals surface area contributed by atoms with Gasteiger partial charge in [0, 0.05) is 12.3 Å². The molecule has 0 heterocycles. The molecular formula is C12H26N2O3S. The van der Waals surface area contributed by atoms with Crippen LogP contribution in [0.15, 0.2) is 0 Å². The number of hydrogen-bond donors (Lipinski definition) is 2. The summed E-state index contributed by atoms with van der Waals surface area (Å²) in [5, 5.41) is 5.94. The maximum atomic E-state index is 11.7. The van der Waals surface area contributed by atoms with Crippen LogP contribution in [-0.2, 0) is 14.6 Å². The van der Waals surface area contributed by atoms with Crippen LogP contribution in [0.1, 0.15) is 40.0 Å². The molecule has 2 unspecified atom stereocenters. The third-order valence-electron chi connectivity index (χ3n) is 2.65. The van der Waals surface area contributed by atoms with Crippen LogP contribution in [0.3, 0.4) is 0 Å². The monoisotopic (exact) mass is 278 g/mol. The molecule has 0 spiro atoms. The zero-order chi connectivity index (χ0) is 14.2. The number of carbonyl (C=O) groups is 1. The van der Waals surface area contributed by atoms with E-state index >= 15 is 0 Å². The van der Waals surface area contributed by atoms with Gasteiger partial charge in [0.1, 0.15) is 9.84 Å². The van der Waals surface area contributed by atoms with E-state index in [1.165, 1.54) is 6.26 Å². The van der Waals surface area contributed by atoms with E-state index in [1.807, 2.05) is 6.92 Å². The second kappa shape index (κ2) is 8.48. The number of sulfone groups is 1. The average Bonchev–Trinajstić information content (AvgIpc) is 2.22. The van der Waals surface area contributed by atoms with Gasteiger partial charge in [0.2, 0.25) is 5.91 Å². The fourth-order valence-electron chi connectivity index (χ4n) is 1.62. The Bertz CT molecular complexity index is 341. The molecule has 5 nitrogen and oxygen atoms in total. The second-order valence-electron chi connectivity index (χ2n) is 4.86. The summed E-state index contributed by atoms with van der Waals surface area (Å²) < 4.78 is 21.8. The summed E-state index contributed by atoms with van der Waals surface area (Å²) >= 11 is 0. The molecule has 0 aromatic rings. The van der Waals surface area contributed by atoms with Crippen LogP contribution >= 0.6 is 0 Å². The summed E-state index contributed by atoms with van der Waals surface area (Å²) in [6.45, 7) is 6.38. The predicted octanol–water partition coefficient (Wildman–Crippen LogP) is 0.704. The largest absolute Gasteiger partial charge is 0.352 e. The molecule has 0 radical (unpaired) electrons. The van der Waals surface area contributed by atoms with Gasteiger partial charge in [-0.15, -0.1) is 0 Å². The summed E-state index contributed by atoms with van der Waals surface area (Å²) in [6, 6.07) is -0.105. The highest BCUT2D eigenvalue weighted by molar-refractivity contribution is 7.90. The molecule has 0 aromatic carbocycles. The van der Waals surface area contributed by atoms with Crippen molar-refractivity contribution in [1.29, 1.82) is 0 Å². The van der Waals surface area contributed by atoms with Crippen molar-refractivity contribution in [1.82, 2.24) is 10.6 Å². The Morgan fingerprint density at radius 3 is 2.39 bits per heavy atom. The van der Waals surface area contributed by atoms with Crippen molar-refractivity contribution >= 4 is 15.7 Å². The van der Waals surface area contributed by atoms with Crippen molar-refractivity contribution in [2.75, 3.05) is 18.6 Å². The van der Waals surface area contributed by atoms with E-state index in [-0.39, 0.29) is 23.7 Å². The maximum absolute atomic E-state index is 11.7. The molecular weight excluding hydrogens is 252 g/mol. The smallest absolute Gasteiger partial charge is 0.237 e. The van der Waals surface area contributed by atoms with Crippen LogP contribution < -0.4 is 10.6 Å². The Hall–Kier alpha value is -0.620. The molecule has 0 aliphatic rings. The van der Waals surface area contributed by atoms with Crippen LogP contribution in [0.5, 0.6) is 0 Å². The first kappa shape index (κ1) is 17.4. The lowest BCUT2D eigenvalue weighted by Crippen LogP contribution is -2.45. The molecule has 2 atom stereocenters. The van der Waals surface area contributed by atoms with Crippen molar-refractivity contribution in [3.63, 3.8) is 0 Å². The minimum Gasteiger partial charge on any atom is -0.352 e. The lowest BCUT2D eigenvalue weighted by atomic mass is 10.2. The molecule has 0 aromatic heterocycles. The van der Waals surface area contributed by atoms with Gasteiger partial charge in [0.15, 0.2) is 0 Å².